The molecule has 96 valence electrons. The number of ether oxygens (including phenoxy) is 2. The van der Waals surface area contributed by atoms with Gasteiger partial charge in [-0.15, -0.1) is 0 Å². The molecule has 0 saturated heterocycles. The van der Waals surface area contributed by atoms with Gasteiger partial charge in [0.2, 0.25) is 11.8 Å². The SMILES string of the molecule is COc1ccc(-n2ccc3ccccc32)c(OC)n1. The highest BCUT2D eigenvalue weighted by atomic mass is 16.5. The molecule has 0 unspecified atom stereocenters. The van der Waals surface area contributed by atoms with Crippen LogP contribution in [0.2, 0.25) is 0 Å². The number of benzene rings is 1. The van der Waals surface area contributed by atoms with Crippen molar-refractivity contribution in [1.29, 1.82) is 0 Å². The van der Waals surface area contributed by atoms with Crippen molar-refractivity contribution in [2.24, 2.45) is 0 Å². The van der Waals surface area contributed by atoms with Gasteiger partial charge < -0.3 is 14.0 Å². The van der Waals surface area contributed by atoms with Crippen LogP contribution in [0, 0.1) is 0 Å². The molecule has 0 aliphatic carbocycles. The third kappa shape index (κ3) is 1.91. The Hall–Kier alpha value is -2.49. The highest BCUT2D eigenvalue weighted by Crippen LogP contribution is 2.27. The van der Waals surface area contributed by atoms with Crippen LogP contribution in [0.25, 0.3) is 16.6 Å². The molecular weight excluding hydrogens is 240 g/mol. The van der Waals surface area contributed by atoms with Gasteiger partial charge in [0.25, 0.3) is 0 Å². The van der Waals surface area contributed by atoms with E-state index in [4.69, 9.17) is 9.47 Å². The van der Waals surface area contributed by atoms with Crippen LogP contribution >= 0.6 is 0 Å². The lowest BCUT2D eigenvalue weighted by atomic mass is 10.2. The molecule has 0 atom stereocenters. The van der Waals surface area contributed by atoms with Crippen LogP contribution < -0.4 is 9.47 Å². The Labute approximate surface area is 111 Å². The molecule has 0 bridgehead atoms. The first-order valence-electron chi connectivity index (χ1n) is 5.99. The summed E-state index contributed by atoms with van der Waals surface area (Å²) < 4.78 is 12.5. The highest BCUT2D eigenvalue weighted by molar-refractivity contribution is 5.82. The maximum atomic E-state index is 5.35. The summed E-state index contributed by atoms with van der Waals surface area (Å²) in [5.74, 6) is 1.08. The largest absolute Gasteiger partial charge is 0.481 e. The summed E-state index contributed by atoms with van der Waals surface area (Å²) in [6.45, 7) is 0. The van der Waals surface area contributed by atoms with Crippen molar-refractivity contribution in [2.75, 3.05) is 14.2 Å². The minimum atomic E-state index is 0.539. The monoisotopic (exact) mass is 254 g/mol. The van der Waals surface area contributed by atoms with E-state index in [-0.39, 0.29) is 0 Å². The van der Waals surface area contributed by atoms with Gasteiger partial charge in [0, 0.05) is 12.3 Å². The first-order chi connectivity index (χ1) is 9.33. The van der Waals surface area contributed by atoms with Crippen molar-refractivity contribution in [2.45, 2.75) is 0 Å². The zero-order chi connectivity index (χ0) is 13.2. The van der Waals surface area contributed by atoms with E-state index in [0.717, 1.165) is 11.2 Å². The molecule has 3 aromatic rings. The summed E-state index contributed by atoms with van der Waals surface area (Å²) in [5.41, 5.74) is 2.01. The molecule has 0 amide bonds. The summed E-state index contributed by atoms with van der Waals surface area (Å²) >= 11 is 0. The number of pyridine rings is 1. The van der Waals surface area contributed by atoms with Gasteiger partial charge in [-0.25, -0.2) is 0 Å². The summed E-state index contributed by atoms with van der Waals surface area (Å²) in [5, 5.41) is 1.18. The standard InChI is InChI=1S/C15H14N2O2/c1-18-14-8-7-13(15(16-14)19-2)17-10-9-11-5-3-4-6-12(11)17/h3-10H,1-2H3. The van der Waals surface area contributed by atoms with Crippen LogP contribution in [0.1, 0.15) is 0 Å². The van der Waals surface area contributed by atoms with E-state index < -0.39 is 0 Å². The Kier molecular flexibility index (Phi) is 2.83. The van der Waals surface area contributed by atoms with Crippen LogP contribution in [0.5, 0.6) is 11.8 Å². The minimum absolute atomic E-state index is 0.539. The number of methoxy groups -OCH3 is 2. The van der Waals surface area contributed by atoms with E-state index in [1.165, 1.54) is 5.39 Å². The number of aromatic nitrogens is 2. The predicted molar refractivity (Wildman–Crippen MR) is 74.2 cm³/mol. The maximum absolute atomic E-state index is 5.35. The number of hydrogen-bond donors (Lipinski definition) is 0. The Balaban J connectivity index is 2.21. The van der Waals surface area contributed by atoms with Gasteiger partial charge in [-0.3, -0.25) is 0 Å². The zero-order valence-corrected chi connectivity index (χ0v) is 10.8. The average molecular weight is 254 g/mol. The van der Waals surface area contributed by atoms with Crippen LogP contribution in [0.15, 0.2) is 48.7 Å². The summed E-state index contributed by atoms with van der Waals surface area (Å²) in [6.07, 6.45) is 2.01. The van der Waals surface area contributed by atoms with Crippen molar-refractivity contribution < 1.29 is 9.47 Å². The van der Waals surface area contributed by atoms with Crippen LogP contribution in [0.3, 0.4) is 0 Å². The second-order valence-electron chi connectivity index (χ2n) is 4.13. The van der Waals surface area contributed by atoms with Gasteiger partial charge in [0.1, 0.15) is 5.69 Å². The molecule has 0 N–H and O–H groups in total. The number of nitrogens with zero attached hydrogens (tertiary/aromatic N) is 2. The topological polar surface area (TPSA) is 36.3 Å². The number of para-hydroxylation sites is 1. The molecule has 2 aromatic heterocycles. The zero-order valence-electron chi connectivity index (χ0n) is 10.8. The maximum Gasteiger partial charge on any atom is 0.241 e. The quantitative estimate of drug-likeness (QED) is 0.720. The van der Waals surface area contributed by atoms with Crippen molar-refractivity contribution in [3.63, 3.8) is 0 Å². The Morgan fingerprint density at radius 2 is 1.79 bits per heavy atom. The number of fused-ring (bicyclic) bond motifs is 1. The Morgan fingerprint density at radius 3 is 2.58 bits per heavy atom. The van der Waals surface area contributed by atoms with Gasteiger partial charge in [-0.2, -0.15) is 4.98 Å². The lowest BCUT2D eigenvalue weighted by Crippen LogP contribution is -2.00. The third-order valence-electron chi connectivity index (χ3n) is 3.08. The first-order valence-corrected chi connectivity index (χ1v) is 5.99. The molecule has 2 heterocycles. The van der Waals surface area contributed by atoms with Crippen molar-refractivity contribution in [3.05, 3.63) is 48.7 Å². The molecule has 0 saturated carbocycles. The summed E-state index contributed by atoms with van der Waals surface area (Å²) in [7, 11) is 3.20. The van der Waals surface area contributed by atoms with Crippen molar-refractivity contribution in [1.82, 2.24) is 9.55 Å². The lowest BCUT2D eigenvalue weighted by molar-refractivity contribution is 0.363. The fourth-order valence-electron chi connectivity index (χ4n) is 2.16. The molecule has 0 aliphatic rings. The van der Waals surface area contributed by atoms with E-state index in [9.17, 15) is 0 Å². The summed E-state index contributed by atoms with van der Waals surface area (Å²) in [6, 6.07) is 14.0. The molecule has 1 aromatic carbocycles. The van der Waals surface area contributed by atoms with E-state index in [1.807, 2.05) is 30.5 Å². The smallest absolute Gasteiger partial charge is 0.241 e. The molecule has 4 heteroatoms. The molecule has 19 heavy (non-hydrogen) atoms. The first kappa shape index (κ1) is 11.6. The second kappa shape index (κ2) is 4.65. The molecule has 0 spiro atoms. The average Bonchev–Trinajstić information content (AvgIpc) is 2.90. The van der Waals surface area contributed by atoms with Crippen LogP contribution in [-0.2, 0) is 0 Å². The van der Waals surface area contributed by atoms with Crippen LogP contribution in [0.4, 0.5) is 0 Å². The highest BCUT2D eigenvalue weighted by Gasteiger charge is 2.10. The van der Waals surface area contributed by atoms with Gasteiger partial charge in [0.15, 0.2) is 0 Å². The minimum Gasteiger partial charge on any atom is -0.481 e. The molecule has 0 fully saturated rings. The van der Waals surface area contributed by atoms with E-state index in [2.05, 4.69) is 27.8 Å². The summed E-state index contributed by atoms with van der Waals surface area (Å²) in [4.78, 5) is 4.31. The molecule has 0 radical (unpaired) electrons. The molecule has 0 aliphatic heterocycles. The lowest BCUT2D eigenvalue weighted by Gasteiger charge is -2.11. The van der Waals surface area contributed by atoms with Gasteiger partial charge >= 0.3 is 0 Å². The van der Waals surface area contributed by atoms with Gasteiger partial charge in [-0.1, -0.05) is 18.2 Å². The van der Waals surface area contributed by atoms with E-state index in [0.29, 0.717) is 11.8 Å². The predicted octanol–water partition coefficient (Wildman–Crippen LogP) is 3.04. The Morgan fingerprint density at radius 1 is 0.947 bits per heavy atom. The van der Waals surface area contributed by atoms with E-state index in [1.54, 1.807) is 14.2 Å². The fourth-order valence-corrected chi connectivity index (χ4v) is 2.16. The normalized spacial score (nSPS) is 10.6. The Bertz CT molecular complexity index is 719. The van der Waals surface area contributed by atoms with Crippen LogP contribution in [-0.4, -0.2) is 23.8 Å². The molecule has 4 nitrogen and oxygen atoms in total. The second-order valence-corrected chi connectivity index (χ2v) is 4.13. The number of hydrogen-bond acceptors (Lipinski definition) is 3. The van der Waals surface area contributed by atoms with Crippen molar-refractivity contribution in [3.8, 4) is 17.4 Å². The van der Waals surface area contributed by atoms with Gasteiger partial charge in [-0.05, 0) is 23.6 Å². The van der Waals surface area contributed by atoms with E-state index >= 15 is 0 Å². The number of rotatable bonds is 3. The van der Waals surface area contributed by atoms with Crippen molar-refractivity contribution >= 4 is 10.9 Å². The fraction of sp³-hybridized carbons (Fsp3) is 0.133. The van der Waals surface area contributed by atoms with Gasteiger partial charge in [0.05, 0.1) is 19.7 Å². The molecular formula is C15H14N2O2. The third-order valence-corrected chi connectivity index (χ3v) is 3.08. The molecule has 3 rings (SSSR count).